The van der Waals surface area contributed by atoms with Gasteiger partial charge in [0, 0.05) is 47.0 Å². The van der Waals surface area contributed by atoms with E-state index in [1.165, 1.54) is 24.5 Å². The molecule has 0 bridgehead atoms. The number of hydrogen-bond donors (Lipinski definition) is 2. The normalized spacial score (nSPS) is 11.5. The Morgan fingerprint density at radius 3 is 2.67 bits per heavy atom. The zero-order valence-electron chi connectivity index (χ0n) is 18.1. The van der Waals surface area contributed by atoms with Gasteiger partial charge in [-0.15, -0.1) is 0 Å². The molecule has 0 atom stereocenters. The van der Waals surface area contributed by atoms with Crippen LogP contribution < -0.4 is 5.32 Å². The van der Waals surface area contributed by atoms with Crippen LogP contribution in [0.5, 0.6) is 0 Å². The molecule has 0 aliphatic carbocycles. The van der Waals surface area contributed by atoms with Gasteiger partial charge in [0.05, 0.1) is 42.2 Å². The van der Waals surface area contributed by atoms with Gasteiger partial charge in [-0.25, -0.2) is 4.39 Å². The molecule has 2 N–H and O–H groups in total. The van der Waals surface area contributed by atoms with Crippen molar-refractivity contribution in [2.45, 2.75) is 25.8 Å². The number of amides is 1. The molecule has 0 saturated heterocycles. The smallest absolute Gasteiger partial charge is 0.230 e. The van der Waals surface area contributed by atoms with Gasteiger partial charge in [-0.3, -0.25) is 24.5 Å². The molecule has 0 unspecified atom stereocenters. The first-order valence-corrected chi connectivity index (χ1v) is 10.2. The molecule has 8 nitrogen and oxygen atoms in total. The fourth-order valence-electron chi connectivity index (χ4n) is 3.50. The molecule has 4 heterocycles. The van der Waals surface area contributed by atoms with Gasteiger partial charge < -0.3 is 15.0 Å². The summed E-state index contributed by atoms with van der Waals surface area (Å²) in [6.45, 7) is 3.63. The molecule has 9 heteroatoms. The molecule has 0 fully saturated rings. The third-order valence-corrected chi connectivity index (χ3v) is 5.30. The SMILES string of the molecule is CC(C)(CO)n1cc(C(=O)c2cncc(NC(=O)Cc3ccc(F)cn3)c2)c2cnccc21. The van der Waals surface area contributed by atoms with Crippen LogP contribution in [-0.4, -0.2) is 42.9 Å². The number of nitrogens with one attached hydrogen (secondary N) is 1. The lowest BCUT2D eigenvalue weighted by Crippen LogP contribution is -2.29. The molecule has 168 valence electrons. The van der Waals surface area contributed by atoms with Crippen LogP contribution in [-0.2, 0) is 16.8 Å². The van der Waals surface area contributed by atoms with Crippen LogP contribution in [0, 0.1) is 5.82 Å². The highest BCUT2D eigenvalue weighted by atomic mass is 19.1. The summed E-state index contributed by atoms with van der Waals surface area (Å²) in [4.78, 5) is 37.8. The molecule has 0 radical (unpaired) electrons. The summed E-state index contributed by atoms with van der Waals surface area (Å²) >= 11 is 0. The van der Waals surface area contributed by atoms with Crippen LogP contribution in [0.4, 0.5) is 10.1 Å². The van der Waals surface area contributed by atoms with Gasteiger partial charge >= 0.3 is 0 Å². The third-order valence-electron chi connectivity index (χ3n) is 5.30. The van der Waals surface area contributed by atoms with Gasteiger partial charge in [-0.05, 0) is 38.1 Å². The number of carbonyl (C=O) groups excluding carboxylic acids is 2. The minimum Gasteiger partial charge on any atom is -0.394 e. The molecular formula is C24H22FN5O3. The number of carbonyl (C=O) groups is 2. The molecule has 4 aromatic rings. The number of aromatic nitrogens is 4. The largest absolute Gasteiger partial charge is 0.394 e. The summed E-state index contributed by atoms with van der Waals surface area (Å²) in [6, 6.07) is 6.01. The second-order valence-electron chi connectivity index (χ2n) is 8.26. The summed E-state index contributed by atoms with van der Waals surface area (Å²) in [6.07, 6.45) is 8.81. The van der Waals surface area contributed by atoms with E-state index in [0.29, 0.717) is 22.3 Å². The number of rotatable bonds is 7. The maximum Gasteiger partial charge on any atom is 0.230 e. The van der Waals surface area contributed by atoms with E-state index in [1.54, 1.807) is 30.7 Å². The minimum atomic E-state index is -0.624. The van der Waals surface area contributed by atoms with Gasteiger partial charge in [0.25, 0.3) is 0 Å². The van der Waals surface area contributed by atoms with Crippen molar-refractivity contribution in [3.63, 3.8) is 0 Å². The highest BCUT2D eigenvalue weighted by molar-refractivity contribution is 6.16. The van der Waals surface area contributed by atoms with E-state index < -0.39 is 11.4 Å². The number of ketones is 1. The maximum atomic E-state index is 13.3. The second kappa shape index (κ2) is 8.87. The van der Waals surface area contributed by atoms with E-state index in [2.05, 4.69) is 20.3 Å². The molecule has 0 saturated carbocycles. The molecule has 0 aliphatic heterocycles. The Bertz CT molecular complexity index is 1330. The number of pyridine rings is 3. The number of aliphatic hydroxyl groups excluding tert-OH is 1. The predicted octanol–water partition coefficient (Wildman–Crippen LogP) is 3.11. The van der Waals surface area contributed by atoms with Crippen LogP contribution in [0.25, 0.3) is 10.9 Å². The monoisotopic (exact) mass is 447 g/mol. The van der Waals surface area contributed by atoms with Crippen molar-refractivity contribution in [3.8, 4) is 0 Å². The third kappa shape index (κ3) is 4.63. The number of anilines is 1. The van der Waals surface area contributed by atoms with E-state index in [9.17, 15) is 19.1 Å². The van der Waals surface area contributed by atoms with Gasteiger partial charge in [-0.2, -0.15) is 0 Å². The van der Waals surface area contributed by atoms with Crippen molar-refractivity contribution < 1.29 is 19.1 Å². The van der Waals surface area contributed by atoms with E-state index in [-0.39, 0.29) is 30.3 Å². The summed E-state index contributed by atoms with van der Waals surface area (Å²) in [7, 11) is 0. The van der Waals surface area contributed by atoms with E-state index in [0.717, 1.165) is 11.7 Å². The fraction of sp³-hybridized carbons (Fsp3) is 0.208. The summed E-state index contributed by atoms with van der Waals surface area (Å²) in [5.41, 5.74) is 1.63. The quantitative estimate of drug-likeness (QED) is 0.421. The molecule has 0 aromatic carbocycles. The average Bonchev–Trinajstić information content (AvgIpc) is 3.21. The van der Waals surface area contributed by atoms with Crippen molar-refractivity contribution in [2.24, 2.45) is 0 Å². The summed E-state index contributed by atoms with van der Waals surface area (Å²) in [5.74, 6) is -1.14. The first-order valence-electron chi connectivity index (χ1n) is 10.2. The maximum absolute atomic E-state index is 13.3. The Labute approximate surface area is 189 Å². The minimum absolute atomic E-state index is 0.0478. The first kappa shape index (κ1) is 22.2. The van der Waals surface area contributed by atoms with Crippen LogP contribution in [0.15, 0.2) is 61.4 Å². The fourth-order valence-corrected chi connectivity index (χ4v) is 3.50. The number of halogens is 1. The zero-order chi connectivity index (χ0) is 23.6. The lowest BCUT2D eigenvalue weighted by atomic mass is 10.0. The Morgan fingerprint density at radius 1 is 1.12 bits per heavy atom. The van der Waals surface area contributed by atoms with Crippen molar-refractivity contribution in [1.82, 2.24) is 19.5 Å². The molecular weight excluding hydrogens is 425 g/mol. The molecule has 0 spiro atoms. The molecule has 0 aliphatic rings. The summed E-state index contributed by atoms with van der Waals surface area (Å²) in [5, 5.41) is 13.2. The van der Waals surface area contributed by atoms with Crippen molar-refractivity contribution in [1.29, 1.82) is 0 Å². The Kier molecular flexibility index (Phi) is 5.97. The number of hydrogen-bond acceptors (Lipinski definition) is 6. The number of nitrogens with zero attached hydrogens (tertiary/aromatic N) is 4. The van der Waals surface area contributed by atoms with E-state index in [4.69, 9.17) is 0 Å². The summed E-state index contributed by atoms with van der Waals surface area (Å²) < 4.78 is 14.8. The highest BCUT2D eigenvalue weighted by Crippen LogP contribution is 2.29. The van der Waals surface area contributed by atoms with E-state index >= 15 is 0 Å². The molecule has 1 amide bonds. The van der Waals surface area contributed by atoms with Gasteiger partial charge in [-0.1, -0.05) is 0 Å². The molecule has 4 aromatic heterocycles. The molecule has 33 heavy (non-hydrogen) atoms. The van der Waals surface area contributed by atoms with E-state index in [1.807, 2.05) is 18.4 Å². The lowest BCUT2D eigenvalue weighted by molar-refractivity contribution is -0.115. The van der Waals surface area contributed by atoms with Crippen LogP contribution in [0.1, 0.15) is 35.5 Å². The standard InChI is InChI=1S/C24H22FN5O3/c1-24(2,14-31)30-13-20(19-12-26-6-5-21(19)30)23(33)15-7-18(11-27-9-15)29-22(32)8-17-4-3-16(25)10-28-17/h3-7,9-13,31H,8,14H2,1-2H3,(H,29,32). The van der Waals surface area contributed by atoms with Gasteiger partial charge in [0.15, 0.2) is 5.78 Å². The lowest BCUT2D eigenvalue weighted by Gasteiger charge is -2.25. The topological polar surface area (TPSA) is 110 Å². The Balaban J connectivity index is 1.60. The van der Waals surface area contributed by atoms with Crippen LogP contribution >= 0.6 is 0 Å². The number of aliphatic hydroxyl groups is 1. The Morgan fingerprint density at radius 2 is 1.94 bits per heavy atom. The average molecular weight is 447 g/mol. The van der Waals surface area contributed by atoms with Crippen LogP contribution in [0.2, 0.25) is 0 Å². The van der Waals surface area contributed by atoms with Crippen molar-refractivity contribution in [3.05, 3.63) is 84.1 Å². The molecule has 4 rings (SSSR count). The van der Waals surface area contributed by atoms with Gasteiger partial charge in [0.2, 0.25) is 5.91 Å². The zero-order valence-corrected chi connectivity index (χ0v) is 18.1. The number of fused-ring (bicyclic) bond motifs is 1. The van der Waals surface area contributed by atoms with Crippen molar-refractivity contribution >= 4 is 28.3 Å². The van der Waals surface area contributed by atoms with Gasteiger partial charge in [0.1, 0.15) is 5.82 Å². The second-order valence-corrected chi connectivity index (χ2v) is 8.26. The van der Waals surface area contributed by atoms with Crippen LogP contribution in [0.3, 0.4) is 0 Å². The Hall–Kier alpha value is -3.98. The highest BCUT2D eigenvalue weighted by Gasteiger charge is 2.25. The predicted molar refractivity (Wildman–Crippen MR) is 120 cm³/mol. The van der Waals surface area contributed by atoms with Crippen molar-refractivity contribution in [2.75, 3.05) is 11.9 Å². The first-order chi connectivity index (χ1) is 15.8.